The van der Waals surface area contributed by atoms with Crippen molar-refractivity contribution < 1.29 is 23.8 Å². The van der Waals surface area contributed by atoms with Gasteiger partial charge in [0, 0.05) is 0 Å². The number of hydrogen-bond donors (Lipinski definition) is 1. The van der Waals surface area contributed by atoms with E-state index in [-0.39, 0.29) is 22.3 Å². The molecule has 0 radical (unpaired) electrons. The van der Waals surface area contributed by atoms with Gasteiger partial charge >= 0.3 is 5.97 Å². The molecule has 1 N–H and O–H groups in total. The van der Waals surface area contributed by atoms with Gasteiger partial charge in [-0.2, -0.15) is 5.26 Å². The van der Waals surface area contributed by atoms with E-state index in [1.54, 1.807) is 6.92 Å². The van der Waals surface area contributed by atoms with E-state index in [1.165, 1.54) is 33.3 Å². The molecule has 8 heteroatoms. The number of methoxy groups -OCH3 is 2. The molecule has 0 bridgehead atoms. The van der Waals surface area contributed by atoms with Crippen LogP contribution in [0.2, 0.25) is 5.02 Å². The summed E-state index contributed by atoms with van der Waals surface area (Å²) in [7, 11) is 2.84. The van der Waals surface area contributed by atoms with Gasteiger partial charge in [-0.3, -0.25) is 4.79 Å². The van der Waals surface area contributed by atoms with Gasteiger partial charge in [-0.05, 0) is 31.9 Å². The number of amides is 1. The van der Waals surface area contributed by atoms with Gasteiger partial charge in [0.2, 0.25) is 0 Å². The lowest BCUT2D eigenvalue weighted by atomic mass is 9.90. The summed E-state index contributed by atoms with van der Waals surface area (Å²) in [6.07, 6.45) is -1.10. The Hall–Kier alpha value is -2.46. The third kappa shape index (κ3) is 4.79. The van der Waals surface area contributed by atoms with Gasteiger partial charge in [0.15, 0.2) is 17.6 Å². The highest BCUT2D eigenvalue weighted by molar-refractivity contribution is 6.32. The van der Waals surface area contributed by atoms with Crippen LogP contribution in [0.4, 0.5) is 0 Å². The number of ether oxygens (including phenoxy) is 3. The highest BCUT2D eigenvalue weighted by Crippen LogP contribution is 2.36. The topological polar surface area (TPSA) is 97.6 Å². The van der Waals surface area contributed by atoms with E-state index >= 15 is 0 Å². The summed E-state index contributed by atoms with van der Waals surface area (Å²) in [6, 6.07) is 4.84. The quantitative estimate of drug-likeness (QED) is 0.728. The summed E-state index contributed by atoms with van der Waals surface area (Å²) in [5.74, 6) is -0.885. The van der Waals surface area contributed by atoms with Crippen LogP contribution in [-0.2, 0) is 9.53 Å². The lowest BCUT2D eigenvalue weighted by molar-refractivity contribution is -0.130. The van der Waals surface area contributed by atoms with Crippen LogP contribution < -0.4 is 14.8 Å². The minimum Gasteiger partial charge on any atom is -0.493 e. The highest BCUT2D eigenvalue weighted by Gasteiger charge is 2.32. The van der Waals surface area contributed by atoms with E-state index in [0.717, 1.165) is 0 Å². The Balaban J connectivity index is 2.92. The predicted octanol–water partition coefficient (Wildman–Crippen LogP) is 2.96. The lowest BCUT2D eigenvalue weighted by Gasteiger charge is -2.28. The van der Waals surface area contributed by atoms with E-state index in [0.29, 0.717) is 5.75 Å². The first-order chi connectivity index (χ1) is 12.1. The fourth-order valence-corrected chi connectivity index (χ4v) is 2.26. The van der Waals surface area contributed by atoms with Crippen LogP contribution in [0.3, 0.4) is 0 Å². The smallest absolute Gasteiger partial charge is 0.339 e. The number of nitrogens with zero attached hydrogens (tertiary/aromatic N) is 1. The normalized spacial score (nSPS) is 14.0. The first-order valence-electron chi connectivity index (χ1n) is 7.95. The fraction of sp³-hybridized carbons (Fsp3) is 0.500. The van der Waals surface area contributed by atoms with Crippen molar-refractivity contribution in [3.63, 3.8) is 0 Å². The zero-order valence-corrected chi connectivity index (χ0v) is 16.4. The second-order valence-corrected chi connectivity index (χ2v) is 6.61. The van der Waals surface area contributed by atoms with Gasteiger partial charge in [0.1, 0.15) is 5.54 Å². The second-order valence-electron chi connectivity index (χ2n) is 6.20. The molecule has 1 rings (SSSR count). The van der Waals surface area contributed by atoms with Crippen molar-refractivity contribution >= 4 is 23.5 Å². The van der Waals surface area contributed by atoms with E-state index in [2.05, 4.69) is 11.4 Å². The average molecular weight is 383 g/mol. The molecule has 0 fully saturated rings. The molecular weight excluding hydrogens is 360 g/mol. The zero-order valence-electron chi connectivity index (χ0n) is 15.7. The maximum atomic E-state index is 12.3. The van der Waals surface area contributed by atoms with Crippen LogP contribution in [-0.4, -0.2) is 37.7 Å². The molecule has 2 unspecified atom stereocenters. The molecule has 142 valence electrons. The summed E-state index contributed by atoms with van der Waals surface area (Å²) >= 11 is 6.07. The number of benzene rings is 1. The maximum absolute atomic E-state index is 12.3. The Morgan fingerprint density at radius 3 is 2.31 bits per heavy atom. The zero-order chi connectivity index (χ0) is 20.1. The fourth-order valence-electron chi connectivity index (χ4n) is 1.98. The number of nitriles is 1. The minimum absolute atomic E-state index is 0.110. The molecule has 1 aromatic rings. The number of carbonyl (C=O) groups excluding carboxylic acids is 2. The molecule has 0 aliphatic carbocycles. The molecule has 0 saturated carbocycles. The first kappa shape index (κ1) is 21.6. The molecule has 7 nitrogen and oxygen atoms in total. The molecule has 0 spiro atoms. The molecular formula is C18H23ClN2O5. The Morgan fingerprint density at radius 2 is 1.85 bits per heavy atom. The van der Waals surface area contributed by atoms with Crippen molar-refractivity contribution in [3.05, 3.63) is 22.7 Å². The third-order valence-corrected chi connectivity index (χ3v) is 4.37. The van der Waals surface area contributed by atoms with Crippen LogP contribution in [0.1, 0.15) is 38.1 Å². The van der Waals surface area contributed by atoms with Crippen LogP contribution in [0.25, 0.3) is 0 Å². The average Bonchev–Trinajstić information content (AvgIpc) is 2.60. The summed E-state index contributed by atoms with van der Waals surface area (Å²) in [4.78, 5) is 24.6. The van der Waals surface area contributed by atoms with Gasteiger partial charge in [0.25, 0.3) is 5.91 Å². The largest absolute Gasteiger partial charge is 0.493 e. The highest BCUT2D eigenvalue weighted by atomic mass is 35.5. The van der Waals surface area contributed by atoms with Crippen LogP contribution in [0.15, 0.2) is 12.1 Å². The summed E-state index contributed by atoms with van der Waals surface area (Å²) in [5, 5.41) is 12.0. The third-order valence-electron chi connectivity index (χ3n) is 4.09. The van der Waals surface area contributed by atoms with Crippen LogP contribution in [0, 0.1) is 17.2 Å². The van der Waals surface area contributed by atoms with E-state index < -0.39 is 23.5 Å². The van der Waals surface area contributed by atoms with Crippen molar-refractivity contribution in [2.75, 3.05) is 14.2 Å². The number of rotatable bonds is 7. The van der Waals surface area contributed by atoms with Crippen LogP contribution in [0.5, 0.6) is 11.5 Å². The summed E-state index contributed by atoms with van der Waals surface area (Å²) in [6.45, 7) is 6.66. The molecule has 2 atom stereocenters. The van der Waals surface area contributed by atoms with Gasteiger partial charge in [-0.15, -0.1) is 0 Å². The van der Waals surface area contributed by atoms with Crippen molar-refractivity contribution in [3.8, 4) is 17.6 Å². The molecule has 0 aliphatic rings. The monoisotopic (exact) mass is 382 g/mol. The van der Waals surface area contributed by atoms with Gasteiger partial charge < -0.3 is 19.5 Å². The summed E-state index contributed by atoms with van der Waals surface area (Å²) < 4.78 is 15.4. The van der Waals surface area contributed by atoms with Crippen molar-refractivity contribution in [2.24, 2.45) is 5.92 Å². The van der Waals surface area contributed by atoms with Crippen molar-refractivity contribution in [1.82, 2.24) is 5.32 Å². The second kappa shape index (κ2) is 8.77. The number of halogens is 1. The van der Waals surface area contributed by atoms with Gasteiger partial charge in [0.05, 0.1) is 30.9 Å². The molecule has 0 saturated heterocycles. The number of nitrogens with one attached hydrogen (secondary N) is 1. The SMILES string of the molecule is COc1cc(C(=O)OC(C)C(=O)NC(C)(C#N)C(C)C)cc(Cl)c1OC. The van der Waals surface area contributed by atoms with Crippen molar-refractivity contribution in [1.29, 1.82) is 5.26 Å². The number of carbonyl (C=O) groups is 2. The first-order valence-corrected chi connectivity index (χ1v) is 8.33. The Kier molecular flexibility index (Phi) is 7.28. The number of hydrogen-bond acceptors (Lipinski definition) is 6. The molecule has 0 aliphatic heterocycles. The molecule has 0 heterocycles. The summed E-state index contributed by atoms with van der Waals surface area (Å²) in [5.41, 5.74) is -0.955. The molecule has 26 heavy (non-hydrogen) atoms. The standard InChI is InChI=1S/C18H23ClN2O5/c1-10(2)18(4,9-20)21-16(22)11(3)26-17(23)12-7-13(19)15(25-6)14(8-12)24-5/h7-8,10-11H,1-6H3,(H,21,22). The van der Waals surface area contributed by atoms with Crippen molar-refractivity contribution in [2.45, 2.75) is 39.3 Å². The van der Waals surface area contributed by atoms with Gasteiger partial charge in [-0.1, -0.05) is 25.4 Å². The van der Waals surface area contributed by atoms with Gasteiger partial charge in [-0.25, -0.2) is 4.79 Å². The van der Waals surface area contributed by atoms with E-state index in [4.69, 9.17) is 25.8 Å². The Morgan fingerprint density at radius 1 is 1.23 bits per heavy atom. The van der Waals surface area contributed by atoms with E-state index in [1.807, 2.05) is 13.8 Å². The molecule has 0 aromatic heterocycles. The Labute approximate surface area is 158 Å². The Bertz CT molecular complexity index is 729. The molecule has 1 amide bonds. The maximum Gasteiger partial charge on any atom is 0.339 e. The predicted molar refractivity (Wildman–Crippen MR) is 96.4 cm³/mol. The minimum atomic E-state index is -1.10. The lowest BCUT2D eigenvalue weighted by Crippen LogP contribution is -2.52. The molecule has 1 aromatic carbocycles. The van der Waals surface area contributed by atoms with E-state index in [9.17, 15) is 14.9 Å². The number of esters is 1. The van der Waals surface area contributed by atoms with Crippen LogP contribution >= 0.6 is 11.6 Å².